The number of fused-ring (bicyclic) bond motifs is 1. The summed E-state index contributed by atoms with van der Waals surface area (Å²) < 4.78 is 1.47. The number of nitrogens with zero attached hydrogens (tertiary/aromatic N) is 4. The summed E-state index contributed by atoms with van der Waals surface area (Å²) in [5.41, 5.74) is 1.51. The Labute approximate surface area is 164 Å². The van der Waals surface area contributed by atoms with Gasteiger partial charge in [-0.1, -0.05) is 23.7 Å². The monoisotopic (exact) mass is 395 g/mol. The maximum Gasteiger partial charge on any atom is 0.262 e. The van der Waals surface area contributed by atoms with Gasteiger partial charge in [-0.3, -0.25) is 19.3 Å². The molecule has 0 saturated heterocycles. The maximum atomic E-state index is 12.8. The van der Waals surface area contributed by atoms with Gasteiger partial charge >= 0.3 is 0 Å². The molecule has 0 saturated carbocycles. The van der Waals surface area contributed by atoms with E-state index in [1.54, 1.807) is 42.5 Å². The molecule has 9 heteroatoms. The van der Waals surface area contributed by atoms with Crippen molar-refractivity contribution in [3.05, 3.63) is 71.3 Å². The second-order valence-corrected chi connectivity index (χ2v) is 6.63. The fourth-order valence-electron chi connectivity index (χ4n) is 3.05. The predicted molar refractivity (Wildman–Crippen MR) is 101 cm³/mol. The Morgan fingerprint density at radius 1 is 1.11 bits per heavy atom. The number of imide groups is 1. The number of nitrogens with one attached hydrogen (secondary N) is 1. The molecule has 3 aromatic rings. The minimum absolute atomic E-state index is 0.290. The van der Waals surface area contributed by atoms with E-state index in [0.717, 1.165) is 4.90 Å². The molecule has 1 atom stereocenters. The molecule has 2 aromatic carbocycles. The van der Waals surface area contributed by atoms with Crippen LogP contribution in [0.2, 0.25) is 5.02 Å². The van der Waals surface area contributed by atoms with Crippen LogP contribution in [0.3, 0.4) is 0 Å². The molecule has 28 heavy (non-hydrogen) atoms. The molecule has 0 fully saturated rings. The molecule has 0 bridgehead atoms. The number of hydrogen-bond donors (Lipinski definition) is 1. The van der Waals surface area contributed by atoms with Crippen LogP contribution in [0.25, 0.3) is 5.69 Å². The zero-order chi connectivity index (χ0) is 19.8. The van der Waals surface area contributed by atoms with Crippen molar-refractivity contribution >= 4 is 35.0 Å². The van der Waals surface area contributed by atoms with Crippen LogP contribution in [-0.4, -0.2) is 43.4 Å². The number of hydrogen-bond acceptors (Lipinski definition) is 5. The summed E-state index contributed by atoms with van der Waals surface area (Å²) in [4.78, 5) is 42.9. The van der Waals surface area contributed by atoms with Crippen LogP contribution < -0.4 is 5.32 Å². The highest BCUT2D eigenvalue weighted by Crippen LogP contribution is 2.27. The zero-order valence-electron chi connectivity index (χ0n) is 14.7. The van der Waals surface area contributed by atoms with Gasteiger partial charge in [-0.15, -0.1) is 0 Å². The minimum Gasteiger partial charge on any atom is -0.322 e. The van der Waals surface area contributed by atoms with E-state index in [2.05, 4.69) is 15.4 Å². The topological polar surface area (TPSA) is 97.2 Å². The van der Waals surface area contributed by atoms with E-state index in [1.807, 2.05) is 0 Å². The van der Waals surface area contributed by atoms with Gasteiger partial charge in [0, 0.05) is 5.02 Å². The summed E-state index contributed by atoms with van der Waals surface area (Å²) in [6.07, 6.45) is 2.84. The summed E-state index contributed by atoms with van der Waals surface area (Å²) in [5.74, 6) is -1.52. The van der Waals surface area contributed by atoms with Crippen molar-refractivity contribution in [2.45, 2.75) is 13.0 Å². The Hall–Kier alpha value is -3.52. The first-order valence-corrected chi connectivity index (χ1v) is 8.77. The summed E-state index contributed by atoms with van der Waals surface area (Å²) >= 11 is 6.06. The molecule has 0 spiro atoms. The van der Waals surface area contributed by atoms with Crippen molar-refractivity contribution in [1.82, 2.24) is 19.7 Å². The summed E-state index contributed by atoms with van der Waals surface area (Å²) in [7, 11) is 0. The van der Waals surface area contributed by atoms with Gasteiger partial charge in [-0.2, -0.15) is 5.10 Å². The third-order valence-electron chi connectivity index (χ3n) is 4.47. The third kappa shape index (κ3) is 2.93. The molecule has 1 N–H and O–H groups in total. The highest BCUT2D eigenvalue weighted by molar-refractivity contribution is 6.31. The van der Waals surface area contributed by atoms with E-state index in [-0.39, 0.29) is 0 Å². The number of halogens is 1. The Bertz CT molecular complexity index is 1060. The molecule has 0 radical (unpaired) electrons. The largest absolute Gasteiger partial charge is 0.322 e. The number of carbonyl (C=O) groups is 3. The van der Waals surface area contributed by atoms with Crippen molar-refractivity contribution in [2.75, 3.05) is 5.32 Å². The number of amides is 3. The van der Waals surface area contributed by atoms with E-state index in [9.17, 15) is 14.4 Å². The van der Waals surface area contributed by atoms with Gasteiger partial charge in [0.15, 0.2) is 0 Å². The normalized spacial score (nSPS) is 14.1. The minimum atomic E-state index is -1.02. The second-order valence-electron chi connectivity index (χ2n) is 6.19. The van der Waals surface area contributed by atoms with Crippen molar-refractivity contribution < 1.29 is 14.4 Å². The molecular weight excluding hydrogens is 382 g/mol. The molecule has 1 aliphatic rings. The van der Waals surface area contributed by atoms with Gasteiger partial charge in [-0.25, -0.2) is 9.67 Å². The Kier molecular flexibility index (Phi) is 4.40. The summed E-state index contributed by atoms with van der Waals surface area (Å²) in [5, 5.41) is 7.19. The van der Waals surface area contributed by atoms with Gasteiger partial charge < -0.3 is 5.32 Å². The highest BCUT2D eigenvalue weighted by Gasteiger charge is 2.40. The van der Waals surface area contributed by atoms with E-state index < -0.39 is 23.8 Å². The van der Waals surface area contributed by atoms with Crippen molar-refractivity contribution in [1.29, 1.82) is 0 Å². The predicted octanol–water partition coefficient (Wildman–Crippen LogP) is 2.54. The van der Waals surface area contributed by atoms with Gasteiger partial charge in [0.1, 0.15) is 18.7 Å². The van der Waals surface area contributed by atoms with E-state index in [4.69, 9.17) is 11.6 Å². The average Bonchev–Trinajstić information content (AvgIpc) is 3.30. The first kappa shape index (κ1) is 17.9. The van der Waals surface area contributed by atoms with Crippen LogP contribution in [0.5, 0.6) is 0 Å². The number of aromatic nitrogens is 3. The number of benzene rings is 2. The lowest BCUT2D eigenvalue weighted by molar-refractivity contribution is -0.119. The fourth-order valence-corrected chi connectivity index (χ4v) is 3.23. The van der Waals surface area contributed by atoms with E-state index in [1.165, 1.54) is 24.3 Å². The van der Waals surface area contributed by atoms with Crippen molar-refractivity contribution in [3.8, 4) is 5.69 Å². The first-order valence-electron chi connectivity index (χ1n) is 8.39. The lowest BCUT2D eigenvalue weighted by atomic mass is 10.1. The standard InChI is InChI=1S/C19H14ClN5O3/c1-11(25-18(27)13-4-2-3-5-14(13)19(25)28)17(26)23-15-8-12(20)6-7-16(15)24-10-21-9-22-24/h2-11H,1H3,(H,23,26). The molecular formula is C19H14ClN5O3. The van der Waals surface area contributed by atoms with Gasteiger partial charge in [0.2, 0.25) is 5.91 Å². The third-order valence-corrected chi connectivity index (χ3v) is 4.71. The second kappa shape index (κ2) is 6.90. The van der Waals surface area contributed by atoms with Gasteiger partial charge in [0.05, 0.1) is 22.5 Å². The Balaban J connectivity index is 1.61. The van der Waals surface area contributed by atoms with Crippen LogP contribution >= 0.6 is 11.6 Å². The molecule has 4 rings (SSSR count). The zero-order valence-corrected chi connectivity index (χ0v) is 15.4. The smallest absolute Gasteiger partial charge is 0.262 e. The van der Waals surface area contributed by atoms with Gasteiger partial charge in [-0.05, 0) is 37.3 Å². The molecule has 1 aliphatic heterocycles. The highest BCUT2D eigenvalue weighted by atomic mass is 35.5. The molecule has 3 amide bonds. The Morgan fingerprint density at radius 2 is 1.79 bits per heavy atom. The van der Waals surface area contributed by atoms with Crippen LogP contribution in [0, 0.1) is 0 Å². The molecule has 1 aromatic heterocycles. The molecule has 140 valence electrons. The summed E-state index contributed by atoms with van der Waals surface area (Å²) in [6, 6.07) is 10.4. The molecule has 1 unspecified atom stereocenters. The lowest BCUT2D eigenvalue weighted by Gasteiger charge is -2.22. The van der Waals surface area contributed by atoms with Crippen molar-refractivity contribution in [3.63, 3.8) is 0 Å². The number of carbonyl (C=O) groups excluding carboxylic acids is 3. The number of rotatable bonds is 4. The van der Waals surface area contributed by atoms with E-state index >= 15 is 0 Å². The Morgan fingerprint density at radius 3 is 2.39 bits per heavy atom. The van der Waals surface area contributed by atoms with Crippen LogP contribution in [0.15, 0.2) is 55.1 Å². The molecule has 0 aliphatic carbocycles. The quantitative estimate of drug-likeness (QED) is 0.685. The van der Waals surface area contributed by atoms with E-state index in [0.29, 0.717) is 27.5 Å². The van der Waals surface area contributed by atoms with Gasteiger partial charge in [0.25, 0.3) is 11.8 Å². The van der Waals surface area contributed by atoms with Crippen LogP contribution in [0.1, 0.15) is 27.6 Å². The molecule has 2 heterocycles. The van der Waals surface area contributed by atoms with Crippen LogP contribution in [0.4, 0.5) is 5.69 Å². The molecule has 8 nitrogen and oxygen atoms in total. The fraction of sp³-hybridized carbons (Fsp3) is 0.105. The average molecular weight is 396 g/mol. The van der Waals surface area contributed by atoms with Crippen molar-refractivity contribution in [2.24, 2.45) is 0 Å². The SMILES string of the molecule is CC(C(=O)Nc1cc(Cl)ccc1-n1cncn1)N1C(=O)c2ccccc2C1=O. The summed E-state index contributed by atoms with van der Waals surface area (Å²) in [6.45, 7) is 1.50. The number of anilines is 1. The maximum absolute atomic E-state index is 12.8. The first-order chi connectivity index (χ1) is 13.5. The lowest BCUT2D eigenvalue weighted by Crippen LogP contribution is -2.45. The van der Waals surface area contributed by atoms with Crippen LogP contribution in [-0.2, 0) is 4.79 Å².